The van der Waals surface area contributed by atoms with E-state index in [1.165, 1.54) is 0 Å². The molecule has 0 saturated heterocycles. The van der Waals surface area contributed by atoms with E-state index >= 15 is 0 Å². The van der Waals surface area contributed by atoms with Gasteiger partial charge in [-0.15, -0.1) is 12.4 Å². The van der Waals surface area contributed by atoms with E-state index in [4.69, 9.17) is 10.5 Å². The predicted molar refractivity (Wildman–Crippen MR) is 97.4 cm³/mol. The van der Waals surface area contributed by atoms with Crippen molar-refractivity contribution in [2.24, 2.45) is 5.73 Å². The van der Waals surface area contributed by atoms with Crippen molar-refractivity contribution in [3.8, 4) is 17.1 Å². The molecule has 24 heavy (non-hydrogen) atoms. The van der Waals surface area contributed by atoms with Crippen LogP contribution >= 0.6 is 25.0 Å². The van der Waals surface area contributed by atoms with Crippen LogP contribution in [0.15, 0.2) is 36.2 Å². The zero-order valence-electron chi connectivity index (χ0n) is 13.1. The molecule has 1 heterocycles. The first kappa shape index (κ1) is 18.8. The Morgan fingerprint density at radius 1 is 1.38 bits per heavy atom. The van der Waals surface area contributed by atoms with E-state index in [0.717, 1.165) is 30.1 Å². The van der Waals surface area contributed by atoms with E-state index < -0.39 is 0 Å². The van der Waals surface area contributed by atoms with Crippen LogP contribution < -0.4 is 10.5 Å². The number of benzene rings is 1. The molecule has 1 aromatic heterocycles. The summed E-state index contributed by atoms with van der Waals surface area (Å²) < 4.78 is 19.8. The van der Waals surface area contributed by atoms with Gasteiger partial charge in [0.05, 0.1) is 12.2 Å². The van der Waals surface area contributed by atoms with E-state index in [1.807, 2.05) is 24.3 Å². The summed E-state index contributed by atoms with van der Waals surface area (Å²) in [6.07, 6.45) is 2.81. The van der Waals surface area contributed by atoms with Crippen LogP contribution in [0.1, 0.15) is 24.6 Å². The van der Waals surface area contributed by atoms with Crippen molar-refractivity contribution in [2.45, 2.75) is 24.6 Å². The Hall–Kier alpha value is -1.57. The molecular weight excluding hydrogens is 351 g/mol. The van der Waals surface area contributed by atoms with Crippen LogP contribution in [0.4, 0.5) is 4.39 Å². The minimum absolute atomic E-state index is 0. The second-order valence-electron chi connectivity index (χ2n) is 5.49. The zero-order chi connectivity index (χ0) is 16.2. The highest BCUT2D eigenvalue weighted by molar-refractivity contribution is 7.79. The number of hydrogen-bond donors (Lipinski definition) is 2. The maximum Gasteiger partial charge on any atom is 0.159 e. The third-order valence-electron chi connectivity index (χ3n) is 3.72. The van der Waals surface area contributed by atoms with E-state index in [0.29, 0.717) is 29.4 Å². The highest BCUT2D eigenvalue weighted by Gasteiger charge is 2.29. The first-order chi connectivity index (χ1) is 11.2. The predicted octanol–water partition coefficient (Wildman–Crippen LogP) is 3.32. The van der Waals surface area contributed by atoms with Gasteiger partial charge in [-0.1, -0.05) is 0 Å². The Labute approximate surface area is 151 Å². The minimum atomic E-state index is 0. The van der Waals surface area contributed by atoms with E-state index in [1.54, 1.807) is 4.68 Å². The average Bonchev–Trinajstić information content (AvgIpc) is 3.35. The standard InChI is InChI=1S/C16H19FN4OS.ClH/c17-7-11(8-18)9-22-14-5-3-13(4-6-14)16-19-15(12-1-2-12)20-21(16)10-23;/h3-7,12,23H,1-2,8-10,18H2;1H/b11-7+;. The zero-order valence-corrected chi connectivity index (χ0v) is 14.8. The van der Waals surface area contributed by atoms with Crippen molar-refractivity contribution >= 4 is 25.0 Å². The number of ether oxygens (including phenoxy) is 1. The Bertz CT molecular complexity index is 701. The van der Waals surface area contributed by atoms with Crippen LogP contribution in [-0.4, -0.2) is 27.9 Å². The molecule has 1 fully saturated rings. The van der Waals surface area contributed by atoms with Gasteiger partial charge < -0.3 is 10.5 Å². The van der Waals surface area contributed by atoms with Crippen molar-refractivity contribution in [3.63, 3.8) is 0 Å². The topological polar surface area (TPSA) is 66.0 Å². The van der Waals surface area contributed by atoms with Crippen LogP contribution in [0.25, 0.3) is 11.4 Å². The Kier molecular flexibility index (Phi) is 6.65. The third kappa shape index (κ3) is 4.28. The number of rotatable bonds is 7. The Morgan fingerprint density at radius 3 is 2.62 bits per heavy atom. The molecule has 0 spiro atoms. The van der Waals surface area contributed by atoms with Gasteiger partial charge in [0.2, 0.25) is 0 Å². The number of aromatic nitrogens is 3. The van der Waals surface area contributed by atoms with Crippen molar-refractivity contribution in [1.82, 2.24) is 14.8 Å². The van der Waals surface area contributed by atoms with Gasteiger partial charge in [0, 0.05) is 23.6 Å². The highest BCUT2D eigenvalue weighted by Crippen LogP contribution is 2.39. The summed E-state index contributed by atoms with van der Waals surface area (Å²) in [5.74, 6) is 3.34. The molecule has 0 aliphatic heterocycles. The molecule has 0 amide bonds. The van der Waals surface area contributed by atoms with Gasteiger partial charge in [0.1, 0.15) is 12.4 Å². The van der Waals surface area contributed by atoms with E-state index in [9.17, 15) is 4.39 Å². The number of thiol groups is 1. The number of halogens is 2. The second kappa shape index (κ2) is 8.50. The Morgan fingerprint density at radius 2 is 2.08 bits per heavy atom. The fraction of sp³-hybridized carbons (Fsp3) is 0.375. The Balaban J connectivity index is 0.00000208. The third-order valence-corrected chi connectivity index (χ3v) is 3.99. The average molecular weight is 371 g/mol. The molecule has 2 aromatic rings. The molecule has 1 aliphatic rings. The van der Waals surface area contributed by atoms with Gasteiger partial charge in [0.25, 0.3) is 0 Å². The van der Waals surface area contributed by atoms with Gasteiger partial charge in [-0.3, -0.25) is 0 Å². The lowest BCUT2D eigenvalue weighted by atomic mass is 10.2. The SMILES string of the molecule is Cl.NC/C(=C\F)COc1ccc(-c2nc(C3CC3)nn2CS)cc1. The molecule has 0 unspecified atom stereocenters. The smallest absolute Gasteiger partial charge is 0.159 e. The first-order valence-electron chi connectivity index (χ1n) is 7.52. The maximum atomic E-state index is 12.5. The molecule has 8 heteroatoms. The van der Waals surface area contributed by atoms with Gasteiger partial charge >= 0.3 is 0 Å². The van der Waals surface area contributed by atoms with Gasteiger partial charge in [-0.25, -0.2) is 14.1 Å². The fourth-order valence-electron chi connectivity index (χ4n) is 2.20. The van der Waals surface area contributed by atoms with Gasteiger partial charge in [-0.05, 0) is 37.1 Å². The second-order valence-corrected chi connectivity index (χ2v) is 5.78. The lowest BCUT2D eigenvalue weighted by molar-refractivity contribution is 0.347. The van der Waals surface area contributed by atoms with Crippen LogP contribution in [-0.2, 0) is 5.88 Å². The normalized spacial score (nSPS) is 14.4. The molecule has 0 atom stereocenters. The lowest BCUT2D eigenvalue weighted by Crippen LogP contribution is -2.10. The van der Waals surface area contributed by atoms with Crippen molar-refractivity contribution in [3.05, 3.63) is 42.0 Å². The summed E-state index contributed by atoms with van der Waals surface area (Å²) in [6, 6.07) is 7.49. The summed E-state index contributed by atoms with van der Waals surface area (Å²) in [5, 5.41) is 4.51. The molecule has 1 saturated carbocycles. The number of nitrogens with two attached hydrogens (primary N) is 1. The van der Waals surface area contributed by atoms with Crippen molar-refractivity contribution < 1.29 is 9.13 Å². The fourth-order valence-corrected chi connectivity index (χ4v) is 2.39. The van der Waals surface area contributed by atoms with Crippen LogP contribution in [0.3, 0.4) is 0 Å². The highest BCUT2D eigenvalue weighted by atomic mass is 35.5. The number of hydrogen-bond acceptors (Lipinski definition) is 5. The van der Waals surface area contributed by atoms with Crippen LogP contribution in [0.2, 0.25) is 0 Å². The monoisotopic (exact) mass is 370 g/mol. The first-order valence-corrected chi connectivity index (χ1v) is 8.15. The van der Waals surface area contributed by atoms with Crippen molar-refractivity contribution in [2.75, 3.05) is 13.2 Å². The molecule has 3 rings (SSSR count). The molecule has 1 aromatic carbocycles. The molecular formula is C16H20ClFN4OS. The van der Waals surface area contributed by atoms with Crippen molar-refractivity contribution in [1.29, 1.82) is 0 Å². The summed E-state index contributed by atoms with van der Waals surface area (Å²) in [7, 11) is 0. The summed E-state index contributed by atoms with van der Waals surface area (Å²) >= 11 is 4.31. The van der Waals surface area contributed by atoms with Crippen LogP contribution in [0, 0.1) is 0 Å². The largest absolute Gasteiger partial charge is 0.489 e. The van der Waals surface area contributed by atoms with E-state index in [-0.39, 0.29) is 25.6 Å². The summed E-state index contributed by atoms with van der Waals surface area (Å²) in [6.45, 7) is 0.286. The minimum Gasteiger partial charge on any atom is -0.489 e. The molecule has 0 bridgehead atoms. The molecule has 2 N–H and O–H groups in total. The number of nitrogens with zero attached hydrogens (tertiary/aromatic N) is 3. The molecule has 5 nitrogen and oxygen atoms in total. The summed E-state index contributed by atoms with van der Waals surface area (Å²) in [5.41, 5.74) is 6.76. The maximum absolute atomic E-state index is 12.5. The molecule has 130 valence electrons. The van der Waals surface area contributed by atoms with E-state index in [2.05, 4.69) is 22.7 Å². The van der Waals surface area contributed by atoms with Gasteiger partial charge in [0.15, 0.2) is 11.6 Å². The lowest BCUT2D eigenvalue weighted by Gasteiger charge is -2.08. The molecule has 0 radical (unpaired) electrons. The van der Waals surface area contributed by atoms with Gasteiger partial charge in [-0.2, -0.15) is 17.7 Å². The van der Waals surface area contributed by atoms with Crippen LogP contribution in [0.5, 0.6) is 5.75 Å². The quantitative estimate of drug-likeness (QED) is 0.734. The molecule has 1 aliphatic carbocycles. The summed E-state index contributed by atoms with van der Waals surface area (Å²) in [4.78, 5) is 4.63.